The van der Waals surface area contributed by atoms with Crippen molar-refractivity contribution < 1.29 is 9.59 Å². The van der Waals surface area contributed by atoms with Crippen LogP contribution in [-0.4, -0.2) is 32.6 Å². The van der Waals surface area contributed by atoms with Gasteiger partial charge in [-0.3, -0.25) is 23.7 Å². The number of rotatable bonds is 3. The van der Waals surface area contributed by atoms with Crippen LogP contribution in [0.4, 0.5) is 0 Å². The van der Waals surface area contributed by atoms with Gasteiger partial charge in [-0.05, 0) is 42.8 Å². The van der Waals surface area contributed by atoms with Crippen molar-refractivity contribution in [3.8, 4) is 12.1 Å². The maximum atomic E-state index is 13.6. The third-order valence-corrected chi connectivity index (χ3v) is 6.56. The summed E-state index contributed by atoms with van der Waals surface area (Å²) in [6, 6.07) is 13.6. The largest absolute Gasteiger partial charge is 0.274 e. The first-order valence-electron chi connectivity index (χ1n) is 10.9. The number of hydrogen-bond acceptors (Lipinski definition) is 6. The van der Waals surface area contributed by atoms with E-state index >= 15 is 0 Å². The number of carbonyl (C=O) groups is 2. The molecule has 0 aliphatic carbocycles. The Morgan fingerprint density at radius 2 is 1.53 bits per heavy atom. The molecule has 3 aromatic carbocycles. The number of benzene rings is 3. The minimum atomic E-state index is -0.365. The van der Waals surface area contributed by atoms with Gasteiger partial charge in [0, 0.05) is 39.2 Å². The first-order valence-corrected chi connectivity index (χ1v) is 10.9. The van der Waals surface area contributed by atoms with E-state index < -0.39 is 0 Å². The number of carbonyl (C=O) groups excluding carboxylic acids is 2. The fourth-order valence-electron chi connectivity index (χ4n) is 4.93. The van der Waals surface area contributed by atoms with Crippen LogP contribution < -0.4 is 5.56 Å². The molecule has 1 aliphatic rings. The standard InChI is InChI=1S/C26H15N5O3/c1-2-3-8-30-24(32)16-5-4-15-21-18(7-6-17(22(16)21)25(30)33)26(34)31-20-10-14(12-28)13(11-27)9-19(20)29-23(15)31/h4-7,9-10H,2-3,8H2,1H3. The maximum absolute atomic E-state index is 13.6. The number of nitrogens with zero attached hydrogens (tertiary/aromatic N) is 5. The highest BCUT2D eigenvalue weighted by molar-refractivity contribution is 6.31. The van der Waals surface area contributed by atoms with Crippen molar-refractivity contribution in [3.05, 3.63) is 69.0 Å². The molecule has 2 aromatic heterocycles. The summed E-state index contributed by atoms with van der Waals surface area (Å²) >= 11 is 0. The number of fused-ring (bicyclic) bond motifs is 4. The van der Waals surface area contributed by atoms with E-state index in [1.165, 1.54) is 21.4 Å². The van der Waals surface area contributed by atoms with Gasteiger partial charge in [0.2, 0.25) is 0 Å². The molecule has 0 unspecified atom stereocenters. The maximum Gasteiger partial charge on any atom is 0.264 e. The summed E-state index contributed by atoms with van der Waals surface area (Å²) in [4.78, 5) is 45.9. The second kappa shape index (κ2) is 6.84. The van der Waals surface area contributed by atoms with E-state index in [1.807, 2.05) is 19.1 Å². The molecule has 162 valence electrons. The highest BCUT2D eigenvalue weighted by Crippen LogP contribution is 2.37. The molecule has 0 N–H and O–H groups in total. The average Bonchev–Trinajstić information content (AvgIpc) is 3.23. The fourth-order valence-corrected chi connectivity index (χ4v) is 4.93. The second-order valence-corrected chi connectivity index (χ2v) is 8.37. The zero-order valence-electron chi connectivity index (χ0n) is 18.0. The molecule has 34 heavy (non-hydrogen) atoms. The van der Waals surface area contributed by atoms with Crippen molar-refractivity contribution in [3.63, 3.8) is 0 Å². The average molecular weight is 445 g/mol. The van der Waals surface area contributed by atoms with Crippen molar-refractivity contribution in [1.29, 1.82) is 10.5 Å². The molecule has 5 aromatic rings. The fraction of sp³-hybridized carbons (Fsp3) is 0.154. The number of imidazole rings is 1. The Hall–Kier alpha value is -4.82. The SMILES string of the molecule is CCCCN1C(=O)c2ccc3c(=O)n4c5cc(C#N)c(C#N)cc5nc4c4ccc(c2c34)C1=O. The van der Waals surface area contributed by atoms with Gasteiger partial charge in [0.1, 0.15) is 17.8 Å². The Morgan fingerprint density at radius 1 is 0.882 bits per heavy atom. The van der Waals surface area contributed by atoms with Crippen LogP contribution in [-0.2, 0) is 0 Å². The topological polar surface area (TPSA) is 119 Å². The number of pyridine rings is 1. The second-order valence-electron chi connectivity index (χ2n) is 8.37. The highest BCUT2D eigenvalue weighted by Gasteiger charge is 2.34. The van der Waals surface area contributed by atoms with Crippen molar-refractivity contribution >= 4 is 50.0 Å². The summed E-state index contributed by atoms with van der Waals surface area (Å²) in [6.07, 6.45) is 1.56. The molecule has 0 radical (unpaired) electrons. The van der Waals surface area contributed by atoms with Gasteiger partial charge in [-0.1, -0.05) is 13.3 Å². The van der Waals surface area contributed by atoms with Crippen LogP contribution in [0.15, 0.2) is 41.2 Å². The number of unbranched alkanes of at least 4 members (excludes halogenated alkanes) is 1. The number of nitriles is 2. The predicted octanol–water partition coefficient (Wildman–Crippen LogP) is 3.73. The van der Waals surface area contributed by atoms with Crippen molar-refractivity contribution in [1.82, 2.24) is 14.3 Å². The molecule has 8 heteroatoms. The molecular weight excluding hydrogens is 430 g/mol. The van der Waals surface area contributed by atoms with Crippen molar-refractivity contribution in [2.45, 2.75) is 19.8 Å². The van der Waals surface area contributed by atoms with E-state index in [2.05, 4.69) is 4.98 Å². The Balaban J connectivity index is 1.76. The van der Waals surface area contributed by atoms with E-state index in [4.69, 9.17) is 0 Å². The number of imide groups is 1. The molecule has 0 atom stereocenters. The number of hydrogen-bond donors (Lipinski definition) is 0. The number of amides is 2. The summed E-state index contributed by atoms with van der Waals surface area (Å²) in [5.74, 6) is -0.725. The lowest BCUT2D eigenvalue weighted by atomic mass is 9.90. The third-order valence-electron chi connectivity index (χ3n) is 6.56. The first kappa shape index (κ1) is 19.8. The van der Waals surface area contributed by atoms with Crippen LogP contribution >= 0.6 is 0 Å². The van der Waals surface area contributed by atoms with Crippen LogP contribution in [0.5, 0.6) is 0 Å². The minimum absolute atomic E-state index is 0.157. The lowest BCUT2D eigenvalue weighted by Crippen LogP contribution is -2.41. The van der Waals surface area contributed by atoms with Crippen LogP contribution in [0, 0.1) is 22.7 Å². The van der Waals surface area contributed by atoms with Crippen molar-refractivity contribution in [2.75, 3.05) is 6.54 Å². The summed E-state index contributed by atoms with van der Waals surface area (Å²) < 4.78 is 1.43. The van der Waals surface area contributed by atoms with Gasteiger partial charge in [0.15, 0.2) is 0 Å². The van der Waals surface area contributed by atoms with E-state index in [-0.39, 0.29) is 28.5 Å². The Morgan fingerprint density at radius 3 is 2.18 bits per heavy atom. The van der Waals surface area contributed by atoms with Gasteiger partial charge in [0.05, 0.1) is 22.2 Å². The lowest BCUT2D eigenvalue weighted by Gasteiger charge is -2.27. The zero-order chi connectivity index (χ0) is 23.7. The van der Waals surface area contributed by atoms with Gasteiger partial charge in [0.25, 0.3) is 17.4 Å². The Labute approximate surface area is 192 Å². The van der Waals surface area contributed by atoms with Gasteiger partial charge in [-0.2, -0.15) is 10.5 Å². The molecule has 0 saturated heterocycles. The van der Waals surface area contributed by atoms with E-state index in [0.717, 1.165) is 6.42 Å². The van der Waals surface area contributed by atoms with Crippen LogP contribution in [0.3, 0.4) is 0 Å². The zero-order valence-corrected chi connectivity index (χ0v) is 18.0. The van der Waals surface area contributed by atoms with Crippen molar-refractivity contribution in [2.24, 2.45) is 0 Å². The van der Waals surface area contributed by atoms with Crippen LogP contribution in [0.1, 0.15) is 51.6 Å². The molecule has 3 heterocycles. The van der Waals surface area contributed by atoms with Gasteiger partial charge in [-0.25, -0.2) is 4.98 Å². The van der Waals surface area contributed by atoms with E-state index in [1.54, 1.807) is 24.3 Å². The molecule has 0 fully saturated rings. The molecule has 0 bridgehead atoms. The quantitative estimate of drug-likeness (QED) is 0.390. The Kier molecular flexibility index (Phi) is 3.99. The van der Waals surface area contributed by atoms with Crippen LogP contribution in [0.2, 0.25) is 0 Å². The molecule has 0 saturated carbocycles. The van der Waals surface area contributed by atoms with Crippen LogP contribution in [0.25, 0.3) is 38.2 Å². The molecular formula is C26H15N5O3. The summed E-state index contributed by atoms with van der Waals surface area (Å²) in [5.41, 5.74) is 1.94. The smallest absolute Gasteiger partial charge is 0.264 e. The van der Waals surface area contributed by atoms with E-state index in [0.29, 0.717) is 62.3 Å². The van der Waals surface area contributed by atoms with Gasteiger partial charge >= 0.3 is 0 Å². The van der Waals surface area contributed by atoms with Gasteiger partial charge < -0.3 is 0 Å². The molecule has 2 amide bonds. The van der Waals surface area contributed by atoms with E-state index in [9.17, 15) is 24.9 Å². The highest BCUT2D eigenvalue weighted by atomic mass is 16.2. The summed E-state index contributed by atoms with van der Waals surface area (Å²) in [6.45, 7) is 2.34. The minimum Gasteiger partial charge on any atom is -0.274 e. The lowest BCUT2D eigenvalue weighted by molar-refractivity contribution is 0.0608. The summed E-state index contributed by atoms with van der Waals surface area (Å²) in [7, 11) is 0. The Bertz CT molecular complexity index is 1870. The molecule has 0 spiro atoms. The molecule has 8 nitrogen and oxygen atoms in total. The molecule has 6 rings (SSSR count). The normalized spacial score (nSPS) is 13.3. The third kappa shape index (κ3) is 2.34. The first-order chi connectivity index (χ1) is 16.5. The number of aromatic nitrogens is 2. The van der Waals surface area contributed by atoms with Gasteiger partial charge in [-0.15, -0.1) is 0 Å². The monoisotopic (exact) mass is 445 g/mol. The summed E-state index contributed by atoms with van der Waals surface area (Å²) in [5, 5.41) is 20.8. The predicted molar refractivity (Wildman–Crippen MR) is 125 cm³/mol. The molecule has 1 aliphatic heterocycles.